The normalized spacial score (nSPS) is 10.5. The van der Waals surface area contributed by atoms with Gasteiger partial charge in [0.15, 0.2) is 12.3 Å². The third kappa shape index (κ3) is 4.93. The minimum atomic E-state index is -0.637. The number of anilines is 1. The molecule has 3 aromatic rings. The number of halogens is 1. The number of rotatable bonds is 5. The maximum absolute atomic E-state index is 12.1. The van der Waals surface area contributed by atoms with Crippen LogP contribution in [0.5, 0.6) is 0 Å². The lowest BCUT2D eigenvalue weighted by atomic mass is 10.2. The van der Waals surface area contributed by atoms with Crippen molar-refractivity contribution in [1.82, 2.24) is 4.98 Å². The molecule has 0 aliphatic heterocycles. The predicted octanol–water partition coefficient (Wildman–Crippen LogP) is 4.88. The molecule has 0 aliphatic carbocycles. The van der Waals surface area contributed by atoms with Gasteiger partial charge in [0.2, 0.25) is 0 Å². The molecule has 0 saturated carbocycles. The predicted molar refractivity (Wildman–Crippen MR) is 107 cm³/mol. The molecule has 5 nitrogen and oxygen atoms in total. The second-order valence-electron chi connectivity index (χ2n) is 5.99. The summed E-state index contributed by atoms with van der Waals surface area (Å²) in [4.78, 5) is 28.5. The first-order chi connectivity index (χ1) is 12.9. The van der Waals surface area contributed by atoms with Crippen LogP contribution in [0.4, 0.5) is 5.69 Å². The van der Waals surface area contributed by atoms with Crippen LogP contribution in [0.2, 0.25) is 5.02 Å². The molecule has 0 atom stereocenters. The lowest BCUT2D eigenvalue weighted by Gasteiger charge is -2.09. The molecule has 0 saturated heterocycles. The van der Waals surface area contributed by atoms with Crippen molar-refractivity contribution in [2.24, 2.45) is 0 Å². The van der Waals surface area contributed by atoms with Crippen LogP contribution in [0, 0.1) is 13.8 Å². The number of esters is 1. The first-order valence-corrected chi connectivity index (χ1v) is 9.44. The first-order valence-electron chi connectivity index (χ1n) is 8.18. The third-order valence-corrected chi connectivity index (χ3v) is 4.95. The number of amides is 1. The number of nitrogens with one attached hydrogen (secondary N) is 1. The Morgan fingerprint density at radius 1 is 1.15 bits per heavy atom. The van der Waals surface area contributed by atoms with Crippen LogP contribution in [0.25, 0.3) is 10.6 Å². The minimum Gasteiger partial charge on any atom is -0.451 e. The van der Waals surface area contributed by atoms with E-state index in [2.05, 4.69) is 10.3 Å². The fraction of sp³-hybridized carbons (Fsp3) is 0.150. The number of benzene rings is 2. The number of thiazole rings is 1. The SMILES string of the molecule is Cc1ccc(-c2nc(C(=O)OCC(=O)Nc3cc(Cl)ccc3C)cs2)cc1. The number of carbonyl (C=O) groups excluding carboxylic acids is 2. The Bertz CT molecular complexity index is 983. The second-order valence-corrected chi connectivity index (χ2v) is 7.28. The Labute approximate surface area is 166 Å². The molecular formula is C20H17ClN2O3S. The number of hydrogen-bond donors (Lipinski definition) is 1. The highest BCUT2D eigenvalue weighted by molar-refractivity contribution is 7.13. The maximum Gasteiger partial charge on any atom is 0.358 e. The van der Waals surface area contributed by atoms with Gasteiger partial charge in [0.05, 0.1) is 0 Å². The zero-order valence-electron chi connectivity index (χ0n) is 14.8. The van der Waals surface area contributed by atoms with Gasteiger partial charge in [-0.15, -0.1) is 11.3 Å². The molecule has 0 bridgehead atoms. The van der Waals surface area contributed by atoms with Crippen molar-refractivity contribution in [3.05, 3.63) is 69.7 Å². The Morgan fingerprint density at radius 3 is 2.63 bits per heavy atom. The number of aryl methyl sites for hydroxylation is 2. The van der Waals surface area contributed by atoms with Crippen molar-refractivity contribution in [2.45, 2.75) is 13.8 Å². The molecule has 0 radical (unpaired) electrons. The van der Waals surface area contributed by atoms with E-state index in [4.69, 9.17) is 16.3 Å². The molecule has 2 aromatic carbocycles. The molecule has 3 rings (SSSR count). The summed E-state index contributed by atoms with van der Waals surface area (Å²) in [5.41, 5.74) is 3.71. The van der Waals surface area contributed by atoms with Crippen LogP contribution in [0.3, 0.4) is 0 Å². The lowest BCUT2D eigenvalue weighted by Crippen LogP contribution is -2.21. The molecule has 0 spiro atoms. The van der Waals surface area contributed by atoms with Gasteiger partial charge in [-0.3, -0.25) is 4.79 Å². The Morgan fingerprint density at radius 2 is 1.89 bits per heavy atom. The third-order valence-electron chi connectivity index (χ3n) is 3.82. The van der Waals surface area contributed by atoms with Gasteiger partial charge in [0.1, 0.15) is 5.01 Å². The Kier molecular flexibility index (Phi) is 5.88. The molecule has 1 N–H and O–H groups in total. The largest absolute Gasteiger partial charge is 0.451 e. The summed E-state index contributed by atoms with van der Waals surface area (Å²) in [6, 6.07) is 13.0. The van der Waals surface area contributed by atoms with Crippen LogP contribution in [0.15, 0.2) is 47.8 Å². The van der Waals surface area contributed by atoms with E-state index in [-0.39, 0.29) is 5.69 Å². The van der Waals surface area contributed by atoms with Gasteiger partial charge in [-0.25, -0.2) is 9.78 Å². The molecule has 7 heteroatoms. The fourth-order valence-electron chi connectivity index (χ4n) is 2.32. The van der Waals surface area contributed by atoms with E-state index >= 15 is 0 Å². The molecule has 0 aliphatic rings. The highest BCUT2D eigenvalue weighted by Crippen LogP contribution is 2.24. The quantitative estimate of drug-likeness (QED) is 0.620. The molecule has 1 aromatic heterocycles. The molecule has 0 unspecified atom stereocenters. The zero-order chi connectivity index (χ0) is 19.4. The van der Waals surface area contributed by atoms with Crippen molar-refractivity contribution in [2.75, 3.05) is 11.9 Å². The van der Waals surface area contributed by atoms with E-state index in [0.717, 1.165) is 21.7 Å². The number of aromatic nitrogens is 1. The van der Waals surface area contributed by atoms with Crippen molar-refractivity contribution < 1.29 is 14.3 Å². The molecular weight excluding hydrogens is 384 g/mol. The lowest BCUT2D eigenvalue weighted by molar-refractivity contribution is -0.119. The Hall–Kier alpha value is -2.70. The molecule has 138 valence electrons. The van der Waals surface area contributed by atoms with Crippen LogP contribution in [-0.2, 0) is 9.53 Å². The van der Waals surface area contributed by atoms with Gasteiger partial charge >= 0.3 is 5.97 Å². The Balaban J connectivity index is 1.58. The zero-order valence-corrected chi connectivity index (χ0v) is 16.4. The summed E-state index contributed by atoms with van der Waals surface area (Å²) in [5, 5.41) is 5.53. The van der Waals surface area contributed by atoms with Crippen LogP contribution < -0.4 is 5.32 Å². The highest BCUT2D eigenvalue weighted by atomic mass is 35.5. The van der Waals surface area contributed by atoms with E-state index in [9.17, 15) is 9.59 Å². The standard InChI is InChI=1S/C20H17ClN2O3S/c1-12-3-6-14(7-4-12)19-23-17(11-27-19)20(25)26-10-18(24)22-16-9-15(21)8-5-13(16)2/h3-9,11H,10H2,1-2H3,(H,22,24). The van der Waals surface area contributed by atoms with E-state index in [1.165, 1.54) is 11.3 Å². The molecule has 1 heterocycles. The summed E-state index contributed by atoms with van der Waals surface area (Å²) in [5.74, 6) is -1.08. The highest BCUT2D eigenvalue weighted by Gasteiger charge is 2.15. The van der Waals surface area contributed by atoms with Crippen LogP contribution in [-0.4, -0.2) is 23.5 Å². The first kappa shape index (κ1) is 19.1. The van der Waals surface area contributed by atoms with Crippen LogP contribution in [0.1, 0.15) is 21.6 Å². The number of hydrogen-bond acceptors (Lipinski definition) is 5. The van der Waals surface area contributed by atoms with E-state index in [0.29, 0.717) is 10.7 Å². The van der Waals surface area contributed by atoms with Gasteiger partial charge in [0.25, 0.3) is 5.91 Å². The van der Waals surface area contributed by atoms with E-state index in [1.807, 2.05) is 38.1 Å². The van der Waals surface area contributed by atoms with Crippen molar-refractivity contribution in [1.29, 1.82) is 0 Å². The van der Waals surface area contributed by atoms with Crippen molar-refractivity contribution >= 4 is 40.5 Å². The van der Waals surface area contributed by atoms with Gasteiger partial charge in [0, 0.05) is 21.7 Å². The summed E-state index contributed by atoms with van der Waals surface area (Å²) in [6.45, 7) is 3.45. The van der Waals surface area contributed by atoms with Gasteiger partial charge in [-0.1, -0.05) is 47.5 Å². The number of carbonyl (C=O) groups is 2. The van der Waals surface area contributed by atoms with E-state index < -0.39 is 18.5 Å². The smallest absolute Gasteiger partial charge is 0.358 e. The molecule has 1 amide bonds. The van der Waals surface area contributed by atoms with Crippen LogP contribution >= 0.6 is 22.9 Å². The van der Waals surface area contributed by atoms with Crippen molar-refractivity contribution in [3.63, 3.8) is 0 Å². The van der Waals surface area contributed by atoms with Gasteiger partial charge in [-0.2, -0.15) is 0 Å². The number of nitrogens with zero attached hydrogens (tertiary/aromatic N) is 1. The number of ether oxygens (including phenoxy) is 1. The monoisotopic (exact) mass is 400 g/mol. The minimum absolute atomic E-state index is 0.183. The second kappa shape index (κ2) is 8.33. The summed E-state index contributed by atoms with van der Waals surface area (Å²) in [7, 11) is 0. The molecule has 0 fully saturated rings. The fourth-order valence-corrected chi connectivity index (χ4v) is 3.28. The van der Waals surface area contributed by atoms with Gasteiger partial charge < -0.3 is 10.1 Å². The summed E-state index contributed by atoms with van der Waals surface area (Å²) >= 11 is 7.28. The summed E-state index contributed by atoms with van der Waals surface area (Å²) < 4.78 is 5.06. The van der Waals surface area contributed by atoms with Gasteiger partial charge in [-0.05, 0) is 31.5 Å². The average Bonchev–Trinajstić information content (AvgIpc) is 3.13. The topological polar surface area (TPSA) is 68.3 Å². The van der Waals surface area contributed by atoms with E-state index in [1.54, 1.807) is 23.6 Å². The molecule has 27 heavy (non-hydrogen) atoms. The average molecular weight is 401 g/mol. The summed E-state index contributed by atoms with van der Waals surface area (Å²) in [6.07, 6.45) is 0. The maximum atomic E-state index is 12.1. The van der Waals surface area contributed by atoms with Crippen molar-refractivity contribution in [3.8, 4) is 10.6 Å².